The van der Waals surface area contributed by atoms with Crippen LogP contribution in [0.3, 0.4) is 0 Å². The largest absolute Gasteiger partial charge is 0.477 e. The van der Waals surface area contributed by atoms with E-state index in [2.05, 4.69) is 10.2 Å². The molecule has 1 N–H and O–H groups in total. The van der Waals surface area contributed by atoms with Gasteiger partial charge in [-0.05, 0) is 34.1 Å². The van der Waals surface area contributed by atoms with Crippen LogP contribution in [0.5, 0.6) is 5.88 Å². The average Bonchev–Trinajstić information content (AvgIpc) is 2.81. The Bertz CT molecular complexity index is 579. The molecule has 0 unspecified atom stereocenters. The van der Waals surface area contributed by atoms with E-state index >= 15 is 0 Å². The molecule has 1 aromatic rings. The topological polar surface area (TPSA) is 87.8 Å². The van der Waals surface area contributed by atoms with Gasteiger partial charge in [0.25, 0.3) is 5.91 Å². The van der Waals surface area contributed by atoms with Crippen LogP contribution in [-0.2, 0) is 4.74 Å². The van der Waals surface area contributed by atoms with Crippen LogP contribution >= 0.6 is 0 Å². The van der Waals surface area contributed by atoms with Crippen molar-refractivity contribution in [1.29, 1.82) is 0 Å². The molecule has 24 heavy (non-hydrogen) atoms. The quantitative estimate of drug-likeness (QED) is 0.909. The van der Waals surface area contributed by atoms with Crippen molar-refractivity contribution in [2.75, 3.05) is 32.8 Å². The highest BCUT2D eigenvalue weighted by molar-refractivity contribution is 5.92. The van der Waals surface area contributed by atoms with E-state index in [0.717, 1.165) is 0 Å². The summed E-state index contributed by atoms with van der Waals surface area (Å²) in [6, 6.07) is 1.60. The van der Waals surface area contributed by atoms with E-state index in [-0.39, 0.29) is 12.0 Å². The van der Waals surface area contributed by atoms with Crippen LogP contribution in [0.4, 0.5) is 4.79 Å². The zero-order chi connectivity index (χ0) is 17.7. The molecule has 0 bridgehead atoms. The summed E-state index contributed by atoms with van der Waals surface area (Å²) in [5.74, 6) is 0.269. The van der Waals surface area contributed by atoms with Crippen LogP contribution in [0.25, 0.3) is 0 Å². The number of nitrogens with zero attached hydrogens (tertiary/aromatic N) is 3. The van der Waals surface area contributed by atoms with E-state index in [4.69, 9.17) is 9.47 Å². The van der Waals surface area contributed by atoms with E-state index in [1.165, 1.54) is 0 Å². The molecule has 2 rings (SSSR count). The summed E-state index contributed by atoms with van der Waals surface area (Å²) in [6.07, 6.45) is 0.370. The van der Waals surface area contributed by atoms with Gasteiger partial charge in [0.1, 0.15) is 11.3 Å². The lowest BCUT2D eigenvalue weighted by molar-refractivity contribution is 0.0255. The zero-order valence-electron chi connectivity index (χ0n) is 14.8. The van der Waals surface area contributed by atoms with Crippen LogP contribution < -0.4 is 4.74 Å². The summed E-state index contributed by atoms with van der Waals surface area (Å²) in [7, 11) is 0. The number of amides is 2. The monoisotopic (exact) mass is 338 g/mol. The molecule has 1 saturated heterocycles. The number of aromatic amines is 1. The van der Waals surface area contributed by atoms with Gasteiger partial charge in [-0.15, -0.1) is 5.10 Å². The highest BCUT2D eigenvalue weighted by Gasteiger charge is 2.27. The number of ether oxygens (including phenoxy) is 2. The molecule has 8 nitrogen and oxygen atoms in total. The van der Waals surface area contributed by atoms with Crippen LogP contribution in [0.2, 0.25) is 0 Å². The van der Waals surface area contributed by atoms with Crippen LogP contribution in [0.1, 0.15) is 44.6 Å². The summed E-state index contributed by atoms with van der Waals surface area (Å²) in [6.45, 7) is 9.94. The number of hydrogen-bond donors (Lipinski definition) is 1. The van der Waals surface area contributed by atoms with Gasteiger partial charge in [0, 0.05) is 32.2 Å². The Balaban J connectivity index is 1.94. The van der Waals surface area contributed by atoms with Gasteiger partial charge < -0.3 is 19.3 Å². The molecule has 0 atom stereocenters. The second-order valence-electron chi connectivity index (χ2n) is 6.67. The molecule has 2 amide bonds. The van der Waals surface area contributed by atoms with E-state index in [1.807, 2.05) is 27.7 Å². The normalized spacial score (nSPS) is 15.8. The summed E-state index contributed by atoms with van der Waals surface area (Å²) < 4.78 is 10.7. The fourth-order valence-corrected chi connectivity index (χ4v) is 2.43. The molecular formula is C16H26N4O4. The molecule has 0 spiro atoms. The first-order chi connectivity index (χ1) is 11.3. The van der Waals surface area contributed by atoms with Crippen molar-refractivity contribution in [3.05, 3.63) is 11.8 Å². The first-order valence-corrected chi connectivity index (χ1v) is 8.25. The van der Waals surface area contributed by atoms with Gasteiger partial charge in [-0.1, -0.05) is 0 Å². The zero-order valence-corrected chi connectivity index (χ0v) is 14.8. The molecule has 1 aliphatic heterocycles. The number of rotatable bonds is 3. The Morgan fingerprint density at radius 1 is 1.21 bits per heavy atom. The Hall–Kier alpha value is -2.25. The Morgan fingerprint density at radius 3 is 2.54 bits per heavy atom. The Morgan fingerprint density at radius 2 is 1.88 bits per heavy atom. The molecule has 0 aromatic carbocycles. The number of carbonyl (C=O) groups excluding carboxylic acids is 2. The van der Waals surface area contributed by atoms with Gasteiger partial charge in [0.05, 0.1) is 6.61 Å². The fourth-order valence-electron chi connectivity index (χ4n) is 2.43. The minimum Gasteiger partial charge on any atom is -0.477 e. The molecule has 0 radical (unpaired) electrons. The highest BCUT2D eigenvalue weighted by Crippen LogP contribution is 2.15. The maximum Gasteiger partial charge on any atom is 0.410 e. The third-order valence-corrected chi connectivity index (χ3v) is 3.51. The van der Waals surface area contributed by atoms with Crippen molar-refractivity contribution in [1.82, 2.24) is 20.0 Å². The molecule has 0 aliphatic carbocycles. The van der Waals surface area contributed by atoms with Crippen molar-refractivity contribution in [2.24, 2.45) is 0 Å². The fraction of sp³-hybridized carbons (Fsp3) is 0.688. The highest BCUT2D eigenvalue weighted by atomic mass is 16.6. The predicted octanol–water partition coefficient (Wildman–Crippen LogP) is 1.89. The first-order valence-electron chi connectivity index (χ1n) is 8.25. The second-order valence-corrected chi connectivity index (χ2v) is 6.67. The maximum absolute atomic E-state index is 12.5. The summed E-state index contributed by atoms with van der Waals surface area (Å²) in [5, 5.41) is 6.65. The van der Waals surface area contributed by atoms with Crippen molar-refractivity contribution in [2.45, 2.75) is 39.7 Å². The third kappa shape index (κ3) is 4.87. The number of aromatic nitrogens is 2. The van der Waals surface area contributed by atoms with E-state index in [0.29, 0.717) is 50.8 Å². The van der Waals surface area contributed by atoms with Crippen molar-refractivity contribution in [3.8, 4) is 5.88 Å². The van der Waals surface area contributed by atoms with Gasteiger partial charge in [0.15, 0.2) is 0 Å². The van der Waals surface area contributed by atoms with Gasteiger partial charge >= 0.3 is 6.09 Å². The van der Waals surface area contributed by atoms with E-state index in [1.54, 1.807) is 15.9 Å². The Labute approximate surface area is 142 Å². The van der Waals surface area contributed by atoms with Gasteiger partial charge in [-0.3, -0.25) is 9.89 Å². The molecule has 1 fully saturated rings. The maximum atomic E-state index is 12.5. The van der Waals surface area contributed by atoms with Gasteiger partial charge in [0.2, 0.25) is 5.88 Å². The lowest BCUT2D eigenvalue weighted by atomic mass is 10.2. The van der Waals surface area contributed by atoms with Crippen molar-refractivity contribution >= 4 is 12.0 Å². The van der Waals surface area contributed by atoms with E-state index < -0.39 is 5.60 Å². The van der Waals surface area contributed by atoms with Crippen LogP contribution in [0, 0.1) is 0 Å². The number of hydrogen-bond acceptors (Lipinski definition) is 5. The molecule has 0 saturated carbocycles. The van der Waals surface area contributed by atoms with Crippen LogP contribution in [-0.4, -0.2) is 70.4 Å². The number of nitrogens with one attached hydrogen (secondary N) is 1. The molecule has 1 aromatic heterocycles. The van der Waals surface area contributed by atoms with Crippen molar-refractivity contribution < 1.29 is 19.1 Å². The Kier molecular flexibility index (Phi) is 5.69. The van der Waals surface area contributed by atoms with Crippen molar-refractivity contribution in [3.63, 3.8) is 0 Å². The second kappa shape index (κ2) is 7.55. The lowest BCUT2D eigenvalue weighted by Crippen LogP contribution is -2.40. The summed E-state index contributed by atoms with van der Waals surface area (Å²) >= 11 is 0. The van der Waals surface area contributed by atoms with Gasteiger partial charge in [-0.2, -0.15) is 0 Å². The average molecular weight is 338 g/mol. The summed E-state index contributed by atoms with van der Waals surface area (Å²) in [5.41, 5.74) is -0.131. The van der Waals surface area contributed by atoms with Crippen LogP contribution in [0.15, 0.2) is 6.07 Å². The lowest BCUT2D eigenvalue weighted by Gasteiger charge is -2.26. The predicted molar refractivity (Wildman–Crippen MR) is 88.1 cm³/mol. The smallest absolute Gasteiger partial charge is 0.410 e. The minimum atomic E-state index is -0.523. The SMILES string of the molecule is CCOc1cc(C(=O)N2CCCN(C(=O)OC(C)(C)C)CC2)[nH]n1. The minimum absolute atomic E-state index is 0.139. The molecule has 8 heteroatoms. The first kappa shape index (κ1) is 18.1. The number of carbonyl (C=O) groups is 2. The summed E-state index contributed by atoms with van der Waals surface area (Å²) in [4.78, 5) is 28.1. The molecular weight excluding hydrogens is 312 g/mol. The van der Waals surface area contributed by atoms with E-state index in [9.17, 15) is 9.59 Å². The molecule has 134 valence electrons. The molecule has 1 aliphatic rings. The number of H-pyrrole nitrogens is 1. The molecule has 2 heterocycles. The standard InChI is InChI=1S/C16H26N4O4/c1-5-23-13-11-12(17-18-13)14(21)19-7-6-8-20(10-9-19)15(22)24-16(2,3)4/h11H,5-10H2,1-4H3,(H,17,18). The van der Waals surface area contributed by atoms with Gasteiger partial charge in [-0.25, -0.2) is 4.79 Å². The third-order valence-electron chi connectivity index (χ3n) is 3.51.